The Morgan fingerprint density at radius 2 is 1.24 bits per heavy atom. The third-order valence-corrected chi connectivity index (χ3v) is 8.20. The topological polar surface area (TPSA) is 125 Å². The van der Waals surface area contributed by atoms with Gasteiger partial charge in [-0.2, -0.15) is 0 Å². The lowest BCUT2D eigenvalue weighted by atomic mass is 9.76. The Kier molecular flexibility index (Phi) is 7.71. The summed E-state index contributed by atoms with van der Waals surface area (Å²) >= 11 is 0. The molecule has 0 unspecified atom stereocenters. The first kappa shape index (κ1) is 28.6. The molecule has 0 radical (unpaired) electrons. The van der Waals surface area contributed by atoms with Crippen LogP contribution in [-0.4, -0.2) is 44.3 Å². The van der Waals surface area contributed by atoms with E-state index in [4.69, 9.17) is 4.98 Å². The van der Waals surface area contributed by atoms with Crippen molar-refractivity contribution in [2.45, 2.75) is 13.1 Å². The summed E-state index contributed by atoms with van der Waals surface area (Å²) in [5.41, 5.74) is 8.63. The minimum Gasteiger partial charge on any atom is -0.423 e. The van der Waals surface area contributed by atoms with Gasteiger partial charge >= 0.3 is 14.2 Å². The zero-order valence-corrected chi connectivity index (χ0v) is 24.3. The highest BCUT2D eigenvalue weighted by Crippen LogP contribution is 2.37. The van der Waals surface area contributed by atoms with E-state index in [1.54, 1.807) is 24.3 Å². The summed E-state index contributed by atoms with van der Waals surface area (Å²) < 4.78 is 0. The first-order valence-electron chi connectivity index (χ1n) is 14.8. The Hall–Kier alpha value is -5.12. The van der Waals surface area contributed by atoms with Crippen LogP contribution >= 0.6 is 0 Å². The Bertz CT molecular complexity index is 2100. The first-order chi connectivity index (χ1) is 22.0. The zero-order valence-electron chi connectivity index (χ0n) is 24.3. The maximum atomic E-state index is 10.1. The van der Waals surface area contributed by atoms with Crippen molar-refractivity contribution in [2.24, 2.45) is 0 Å². The lowest BCUT2D eigenvalue weighted by Gasteiger charge is -2.28. The smallest absolute Gasteiger partial charge is 0.423 e. The van der Waals surface area contributed by atoms with Gasteiger partial charge in [0.25, 0.3) is 0 Å². The Labute approximate surface area is 260 Å². The highest BCUT2D eigenvalue weighted by atomic mass is 16.4. The second-order valence-electron chi connectivity index (χ2n) is 11.1. The van der Waals surface area contributed by atoms with Crippen LogP contribution in [0.5, 0.6) is 0 Å². The van der Waals surface area contributed by atoms with Crippen molar-refractivity contribution in [1.29, 1.82) is 0 Å². The van der Waals surface area contributed by atoms with Gasteiger partial charge < -0.3 is 35.3 Å². The summed E-state index contributed by atoms with van der Waals surface area (Å²) in [6, 6.07) is 38.6. The number of nitrogens with one attached hydrogen (secondary N) is 2. The van der Waals surface area contributed by atoms with E-state index in [2.05, 4.69) is 27.3 Å². The Morgan fingerprint density at radius 3 is 1.93 bits per heavy atom. The number of benzene rings is 5. The van der Waals surface area contributed by atoms with E-state index in [1.165, 1.54) is 0 Å². The van der Waals surface area contributed by atoms with Gasteiger partial charge in [0.2, 0.25) is 0 Å². The summed E-state index contributed by atoms with van der Waals surface area (Å²) in [5.74, 6) is 0. The third-order valence-electron chi connectivity index (χ3n) is 8.20. The van der Waals surface area contributed by atoms with Crippen LogP contribution in [0.25, 0.3) is 32.8 Å². The summed E-state index contributed by atoms with van der Waals surface area (Å²) in [6.07, 6.45) is 0. The molecule has 0 saturated carbocycles. The minimum absolute atomic E-state index is 0.345. The molecule has 7 aromatic rings. The number of rotatable bonds is 9. The van der Waals surface area contributed by atoms with Crippen LogP contribution in [0, 0.1) is 0 Å². The van der Waals surface area contributed by atoms with Crippen LogP contribution in [0.3, 0.4) is 0 Å². The van der Waals surface area contributed by atoms with E-state index in [-0.39, 0.29) is 0 Å². The zero-order chi connectivity index (χ0) is 30.9. The number of anilines is 3. The normalized spacial score (nSPS) is 11.3. The number of hydrogen-bond acceptors (Lipinski definition) is 7. The number of fused-ring (bicyclic) bond motifs is 4. The largest absolute Gasteiger partial charge is 0.488 e. The van der Waals surface area contributed by atoms with Crippen molar-refractivity contribution in [3.63, 3.8) is 0 Å². The number of nitrogens with zero attached hydrogens (tertiary/aromatic N) is 2. The van der Waals surface area contributed by atoms with Crippen LogP contribution in [0.4, 0.5) is 17.1 Å². The van der Waals surface area contributed by atoms with E-state index in [0.717, 1.165) is 61.0 Å². The van der Waals surface area contributed by atoms with E-state index in [1.807, 2.05) is 84.9 Å². The molecule has 45 heavy (non-hydrogen) atoms. The van der Waals surface area contributed by atoms with Crippen LogP contribution < -0.4 is 21.1 Å². The predicted octanol–water partition coefficient (Wildman–Crippen LogP) is 4.18. The molecule has 6 N–H and O–H groups in total. The predicted molar refractivity (Wildman–Crippen MR) is 183 cm³/mol. The molecule has 0 aliphatic rings. The van der Waals surface area contributed by atoms with Crippen molar-refractivity contribution in [1.82, 2.24) is 9.97 Å². The lowest BCUT2D eigenvalue weighted by molar-refractivity contribution is 0.424. The number of H-pyrrole nitrogens is 1. The van der Waals surface area contributed by atoms with Crippen molar-refractivity contribution in [3.05, 3.63) is 132 Å². The van der Waals surface area contributed by atoms with Gasteiger partial charge in [0, 0.05) is 40.8 Å². The number of aromatic amines is 1. The highest BCUT2D eigenvalue weighted by molar-refractivity contribution is 6.59. The molecule has 0 fully saturated rings. The molecular weight excluding hydrogens is 562 g/mol. The van der Waals surface area contributed by atoms with Gasteiger partial charge in [-0.1, -0.05) is 91.0 Å². The fourth-order valence-corrected chi connectivity index (χ4v) is 6.03. The number of para-hydroxylation sites is 2. The molecule has 0 amide bonds. The average Bonchev–Trinajstić information content (AvgIpc) is 3.43. The van der Waals surface area contributed by atoms with E-state index in [0.29, 0.717) is 24.0 Å². The minimum atomic E-state index is -1.62. The Morgan fingerprint density at radius 1 is 0.644 bits per heavy atom. The molecule has 220 valence electrons. The quantitative estimate of drug-likeness (QED) is 0.139. The average molecular weight is 592 g/mol. The molecule has 5 aromatic carbocycles. The molecule has 8 nitrogen and oxygen atoms in total. The van der Waals surface area contributed by atoms with Crippen LogP contribution in [0.15, 0.2) is 121 Å². The summed E-state index contributed by atoms with van der Waals surface area (Å²) in [6.45, 7) is 0.690. The maximum Gasteiger partial charge on any atom is 0.488 e. The van der Waals surface area contributed by atoms with E-state index >= 15 is 0 Å². The molecule has 0 saturated heterocycles. The Balaban J connectivity index is 1.32. The molecule has 0 aliphatic carbocycles. The fraction of sp³-hybridized carbons (Fsp3) is 0.0571. The van der Waals surface area contributed by atoms with Gasteiger partial charge in [0.15, 0.2) is 0 Å². The summed E-state index contributed by atoms with van der Waals surface area (Å²) in [4.78, 5) is 10.6. The standard InChI is InChI=1S/C35H30B2N4O4/c42-36(43)29-16-5-1-10-23(29)21-41(22-24-11-2-6-17-30(24)37(44)45)26-13-9-12-25(20-26)38-33-27-14-3-7-18-31(27)39-34-28-15-4-8-19-32(28)40-35(33)34/h1-20,40,42-45H,21-22H2,(H,38,39). The van der Waals surface area contributed by atoms with Crippen LogP contribution in [0.1, 0.15) is 11.1 Å². The number of hydrogen-bond donors (Lipinski definition) is 6. The summed E-state index contributed by atoms with van der Waals surface area (Å²) in [5, 5.41) is 46.0. The van der Waals surface area contributed by atoms with E-state index in [9.17, 15) is 20.1 Å². The highest BCUT2D eigenvalue weighted by Gasteiger charge is 2.21. The molecule has 10 heteroatoms. The molecule has 0 aliphatic heterocycles. The van der Waals surface area contributed by atoms with Crippen molar-refractivity contribution >= 4 is 75.1 Å². The first-order valence-corrected chi connectivity index (χ1v) is 14.8. The van der Waals surface area contributed by atoms with Gasteiger partial charge in [0.05, 0.1) is 22.2 Å². The second-order valence-corrected chi connectivity index (χ2v) is 11.1. The van der Waals surface area contributed by atoms with Crippen molar-refractivity contribution in [3.8, 4) is 0 Å². The molecule has 2 aromatic heterocycles. The maximum absolute atomic E-state index is 10.1. The number of pyridine rings is 1. The summed E-state index contributed by atoms with van der Waals surface area (Å²) in [7, 11) is -3.25. The second kappa shape index (κ2) is 12.1. The molecule has 0 atom stereocenters. The van der Waals surface area contributed by atoms with Gasteiger partial charge in [0.1, 0.15) is 0 Å². The van der Waals surface area contributed by atoms with Gasteiger partial charge in [-0.3, -0.25) is 0 Å². The number of aromatic nitrogens is 2. The third kappa shape index (κ3) is 5.63. The monoisotopic (exact) mass is 592 g/mol. The van der Waals surface area contributed by atoms with Gasteiger partial charge in [-0.15, -0.1) is 0 Å². The molecule has 0 spiro atoms. The van der Waals surface area contributed by atoms with Crippen molar-refractivity contribution in [2.75, 3.05) is 10.2 Å². The SMILES string of the molecule is OB(O)c1ccccc1CN(Cc1ccccc1B(O)O)c1cccc(Nc2c3ccccc3nc3c2[nH]c2ccccc23)c1. The molecular formula is C35H30B2N4O4. The van der Waals surface area contributed by atoms with Crippen molar-refractivity contribution < 1.29 is 20.1 Å². The van der Waals surface area contributed by atoms with E-state index < -0.39 is 14.2 Å². The molecule has 2 heterocycles. The lowest BCUT2D eigenvalue weighted by Crippen LogP contribution is -2.38. The molecule has 0 bridgehead atoms. The molecule has 7 rings (SSSR count). The fourth-order valence-electron chi connectivity index (χ4n) is 6.03. The van der Waals surface area contributed by atoms with Gasteiger partial charge in [-0.25, -0.2) is 4.98 Å². The van der Waals surface area contributed by atoms with Crippen LogP contribution in [0.2, 0.25) is 0 Å². The van der Waals surface area contributed by atoms with Gasteiger partial charge in [-0.05, 0) is 52.4 Å². The van der Waals surface area contributed by atoms with Crippen LogP contribution in [-0.2, 0) is 13.1 Å².